The lowest BCUT2D eigenvalue weighted by atomic mass is 10.0. The van der Waals surface area contributed by atoms with Crippen LogP contribution < -0.4 is 5.32 Å². The van der Waals surface area contributed by atoms with Gasteiger partial charge in [0.05, 0.1) is 22.4 Å². The van der Waals surface area contributed by atoms with Crippen molar-refractivity contribution in [2.24, 2.45) is 0 Å². The fourth-order valence-electron chi connectivity index (χ4n) is 2.64. The van der Waals surface area contributed by atoms with Crippen molar-refractivity contribution in [1.29, 1.82) is 0 Å². The normalized spacial score (nSPS) is 14.6. The van der Waals surface area contributed by atoms with Crippen molar-refractivity contribution < 1.29 is 0 Å². The van der Waals surface area contributed by atoms with Crippen LogP contribution in [0.25, 0.3) is 0 Å². The molecule has 1 fully saturated rings. The van der Waals surface area contributed by atoms with E-state index in [0.29, 0.717) is 0 Å². The van der Waals surface area contributed by atoms with Gasteiger partial charge in [0.15, 0.2) is 0 Å². The lowest BCUT2D eigenvalue weighted by Gasteiger charge is -2.11. The lowest BCUT2D eigenvalue weighted by molar-refractivity contribution is 0.644. The minimum absolute atomic E-state index is 0.782. The van der Waals surface area contributed by atoms with Crippen LogP contribution in [-0.2, 0) is 13.0 Å². The van der Waals surface area contributed by atoms with Gasteiger partial charge >= 0.3 is 0 Å². The third-order valence-corrected chi connectivity index (χ3v) is 5.28. The fourth-order valence-corrected chi connectivity index (χ4v) is 2.93. The number of rotatable bonds is 6. The van der Waals surface area contributed by atoms with Crippen LogP contribution in [0.2, 0.25) is 0 Å². The Kier molecular flexibility index (Phi) is 4.45. The Hall–Kier alpha value is -1.13. The maximum absolute atomic E-state index is 4.62. The second-order valence-corrected chi connectivity index (χ2v) is 6.68. The average Bonchev–Trinajstić information content (AvgIpc) is 3.27. The fraction of sp³-hybridized carbons (Fsp3) is 0.471. The summed E-state index contributed by atoms with van der Waals surface area (Å²) in [5, 5.41) is 8.21. The number of nitrogens with zero attached hydrogens (tertiary/aromatic N) is 2. The van der Waals surface area contributed by atoms with Crippen LogP contribution in [0.4, 0.5) is 0 Å². The Morgan fingerprint density at radius 3 is 2.57 bits per heavy atom. The monoisotopic (exact) mass is 347 g/mol. The highest BCUT2D eigenvalue weighted by Gasteiger charge is 2.19. The van der Waals surface area contributed by atoms with Gasteiger partial charge in [-0.1, -0.05) is 24.3 Å². The van der Waals surface area contributed by atoms with Crippen molar-refractivity contribution in [2.75, 3.05) is 6.54 Å². The zero-order valence-corrected chi connectivity index (χ0v) is 14.3. The minimum atomic E-state index is 0.782. The Morgan fingerprint density at radius 2 is 1.95 bits per heavy atom. The van der Waals surface area contributed by atoms with Crippen molar-refractivity contribution >= 4 is 15.9 Å². The maximum atomic E-state index is 4.62. The molecule has 0 bridgehead atoms. The summed E-state index contributed by atoms with van der Waals surface area (Å²) in [5.74, 6) is 0. The van der Waals surface area contributed by atoms with Crippen molar-refractivity contribution in [3.05, 3.63) is 51.3 Å². The van der Waals surface area contributed by atoms with Crippen molar-refractivity contribution in [3.8, 4) is 0 Å². The quantitative estimate of drug-likeness (QED) is 0.864. The maximum Gasteiger partial charge on any atom is 0.0738 e. The van der Waals surface area contributed by atoms with Crippen LogP contribution in [0.1, 0.15) is 35.4 Å². The van der Waals surface area contributed by atoms with E-state index >= 15 is 0 Å². The van der Waals surface area contributed by atoms with E-state index in [9.17, 15) is 0 Å². The molecule has 2 aromatic rings. The minimum Gasteiger partial charge on any atom is -0.314 e. The van der Waals surface area contributed by atoms with Crippen LogP contribution in [0.15, 0.2) is 28.7 Å². The third kappa shape index (κ3) is 3.55. The summed E-state index contributed by atoms with van der Waals surface area (Å²) >= 11 is 3.60. The molecule has 0 amide bonds. The summed E-state index contributed by atoms with van der Waals surface area (Å²) in [5.41, 5.74) is 5.04. The van der Waals surface area contributed by atoms with Gasteiger partial charge in [-0.15, -0.1) is 0 Å². The van der Waals surface area contributed by atoms with Crippen LogP contribution in [0.3, 0.4) is 0 Å². The lowest BCUT2D eigenvalue weighted by Crippen LogP contribution is -2.20. The second kappa shape index (κ2) is 6.32. The summed E-state index contributed by atoms with van der Waals surface area (Å²) in [7, 11) is 0. The molecular weight excluding hydrogens is 326 g/mol. The molecule has 1 saturated carbocycles. The molecule has 3 nitrogen and oxygen atoms in total. The average molecular weight is 348 g/mol. The van der Waals surface area contributed by atoms with Gasteiger partial charge in [-0.25, -0.2) is 0 Å². The number of aryl methyl sites for hydroxylation is 1. The van der Waals surface area contributed by atoms with Crippen molar-refractivity contribution in [2.45, 2.75) is 45.7 Å². The van der Waals surface area contributed by atoms with Gasteiger partial charge in [-0.2, -0.15) is 5.10 Å². The molecule has 0 radical (unpaired) electrons. The largest absolute Gasteiger partial charge is 0.314 e. The number of hydrogen-bond donors (Lipinski definition) is 1. The Balaban J connectivity index is 1.72. The highest BCUT2D eigenvalue weighted by Crippen LogP contribution is 2.22. The molecule has 3 rings (SSSR count). The second-order valence-electron chi connectivity index (χ2n) is 5.89. The number of hydrogen-bond acceptors (Lipinski definition) is 2. The number of nitrogens with one attached hydrogen (secondary N) is 1. The molecule has 4 heteroatoms. The van der Waals surface area contributed by atoms with Gasteiger partial charge in [-0.3, -0.25) is 4.68 Å². The van der Waals surface area contributed by atoms with E-state index in [-0.39, 0.29) is 0 Å². The van der Waals surface area contributed by atoms with E-state index in [0.717, 1.165) is 35.7 Å². The third-order valence-electron chi connectivity index (χ3n) is 4.14. The smallest absolute Gasteiger partial charge is 0.0738 e. The molecule has 1 N–H and O–H groups in total. The SMILES string of the molecule is Cc1nn(Cc2ccccc2CCNC2CC2)c(C)c1Br. The molecule has 0 spiro atoms. The molecule has 1 heterocycles. The number of halogens is 1. The van der Waals surface area contributed by atoms with Gasteiger partial charge in [-0.05, 0) is 66.7 Å². The first-order chi connectivity index (χ1) is 10.1. The molecule has 1 aromatic carbocycles. The summed E-state index contributed by atoms with van der Waals surface area (Å²) < 4.78 is 3.21. The van der Waals surface area contributed by atoms with Crippen LogP contribution in [0.5, 0.6) is 0 Å². The van der Waals surface area contributed by atoms with E-state index in [2.05, 4.69) is 62.2 Å². The molecule has 0 atom stereocenters. The number of benzene rings is 1. The van der Waals surface area contributed by atoms with Gasteiger partial charge in [0.25, 0.3) is 0 Å². The first kappa shape index (κ1) is 14.8. The zero-order chi connectivity index (χ0) is 14.8. The molecule has 1 aliphatic carbocycles. The first-order valence-electron chi connectivity index (χ1n) is 7.65. The first-order valence-corrected chi connectivity index (χ1v) is 8.44. The van der Waals surface area contributed by atoms with E-state index < -0.39 is 0 Å². The Morgan fingerprint density at radius 1 is 1.24 bits per heavy atom. The molecule has 112 valence electrons. The van der Waals surface area contributed by atoms with E-state index in [1.54, 1.807) is 0 Å². The van der Waals surface area contributed by atoms with Gasteiger partial charge in [0, 0.05) is 6.04 Å². The van der Waals surface area contributed by atoms with Gasteiger partial charge in [0.2, 0.25) is 0 Å². The molecule has 0 saturated heterocycles. The predicted molar refractivity (Wildman–Crippen MR) is 89.7 cm³/mol. The molecule has 0 aliphatic heterocycles. The van der Waals surface area contributed by atoms with E-state index in [1.807, 2.05) is 6.92 Å². The predicted octanol–water partition coefficient (Wildman–Crippen LogP) is 3.61. The van der Waals surface area contributed by atoms with Crippen molar-refractivity contribution in [3.63, 3.8) is 0 Å². The zero-order valence-electron chi connectivity index (χ0n) is 12.7. The van der Waals surface area contributed by atoms with E-state index in [4.69, 9.17) is 0 Å². The highest BCUT2D eigenvalue weighted by atomic mass is 79.9. The summed E-state index contributed by atoms with van der Waals surface area (Å²) in [6, 6.07) is 9.49. The molecule has 1 aliphatic rings. The molecule has 21 heavy (non-hydrogen) atoms. The topological polar surface area (TPSA) is 29.9 Å². The molecular formula is C17H22BrN3. The molecule has 0 unspecified atom stereocenters. The standard InChI is InChI=1S/C17H22BrN3/c1-12-17(18)13(2)21(20-12)11-15-6-4-3-5-14(15)9-10-19-16-7-8-16/h3-6,16,19H,7-11H2,1-2H3. The van der Waals surface area contributed by atoms with Crippen LogP contribution in [0, 0.1) is 13.8 Å². The number of aromatic nitrogens is 2. The molecule has 1 aromatic heterocycles. The highest BCUT2D eigenvalue weighted by molar-refractivity contribution is 9.10. The van der Waals surface area contributed by atoms with Gasteiger partial charge in [0.1, 0.15) is 0 Å². The summed E-state index contributed by atoms with van der Waals surface area (Å²) in [4.78, 5) is 0. The van der Waals surface area contributed by atoms with Crippen molar-refractivity contribution in [1.82, 2.24) is 15.1 Å². The van der Waals surface area contributed by atoms with E-state index in [1.165, 1.54) is 29.7 Å². The van der Waals surface area contributed by atoms with Gasteiger partial charge < -0.3 is 5.32 Å². The summed E-state index contributed by atoms with van der Waals surface area (Å²) in [6.07, 6.45) is 3.79. The Labute approximate surface area is 134 Å². The van der Waals surface area contributed by atoms with Crippen LogP contribution in [-0.4, -0.2) is 22.4 Å². The van der Waals surface area contributed by atoms with Crippen LogP contribution >= 0.6 is 15.9 Å². The summed E-state index contributed by atoms with van der Waals surface area (Å²) in [6.45, 7) is 6.07. The Bertz CT molecular complexity index is 629.